The predicted octanol–water partition coefficient (Wildman–Crippen LogP) is 1.24. The van der Waals surface area contributed by atoms with Crippen LogP contribution in [0.2, 0.25) is 0 Å². The Hall–Kier alpha value is -0.160. The zero-order chi connectivity index (χ0) is 13.1. The highest BCUT2D eigenvalue weighted by Crippen LogP contribution is 2.28. The maximum absolute atomic E-state index is 6.05. The molecule has 4 heteroatoms. The van der Waals surface area contributed by atoms with Crippen molar-refractivity contribution in [1.29, 1.82) is 0 Å². The van der Waals surface area contributed by atoms with E-state index in [4.69, 9.17) is 15.2 Å². The molecule has 0 aromatic heterocycles. The van der Waals surface area contributed by atoms with E-state index in [2.05, 4.69) is 32.6 Å². The van der Waals surface area contributed by atoms with Crippen LogP contribution in [-0.4, -0.2) is 55.5 Å². The quantitative estimate of drug-likeness (QED) is 0.790. The van der Waals surface area contributed by atoms with Gasteiger partial charge in [-0.1, -0.05) is 0 Å². The molecule has 102 valence electrons. The van der Waals surface area contributed by atoms with Crippen LogP contribution in [0.5, 0.6) is 0 Å². The van der Waals surface area contributed by atoms with Gasteiger partial charge in [0, 0.05) is 33.3 Å². The minimum Gasteiger partial charge on any atom is -0.380 e. The second kappa shape index (κ2) is 5.65. The summed E-state index contributed by atoms with van der Waals surface area (Å²) in [4.78, 5) is 2.45. The van der Waals surface area contributed by atoms with Crippen LogP contribution in [0.3, 0.4) is 0 Å². The Bertz CT molecular complexity index is 222. The SMILES string of the molecule is COC(CN)CCN1CC(C)(C)OC(C)(C)C1. The minimum absolute atomic E-state index is 0.0764. The van der Waals surface area contributed by atoms with E-state index >= 15 is 0 Å². The summed E-state index contributed by atoms with van der Waals surface area (Å²) in [6.45, 7) is 12.2. The van der Waals surface area contributed by atoms with Crippen LogP contribution >= 0.6 is 0 Å². The van der Waals surface area contributed by atoms with Crippen molar-refractivity contribution in [2.45, 2.75) is 51.4 Å². The standard InChI is InChI=1S/C13H28N2O2/c1-12(2)9-15(10-13(3,4)17-12)7-6-11(8-14)16-5/h11H,6-10,14H2,1-5H3. The molecule has 0 aromatic carbocycles. The van der Waals surface area contributed by atoms with Crippen LogP contribution in [-0.2, 0) is 9.47 Å². The van der Waals surface area contributed by atoms with E-state index in [-0.39, 0.29) is 17.3 Å². The lowest BCUT2D eigenvalue weighted by Gasteiger charge is -2.47. The van der Waals surface area contributed by atoms with E-state index in [0.717, 1.165) is 26.1 Å². The summed E-state index contributed by atoms with van der Waals surface area (Å²) in [5, 5.41) is 0. The fraction of sp³-hybridized carbons (Fsp3) is 1.00. The van der Waals surface area contributed by atoms with Gasteiger partial charge in [0.25, 0.3) is 0 Å². The Morgan fingerprint density at radius 3 is 2.18 bits per heavy atom. The zero-order valence-corrected chi connectivity index (χ0v) is 12.0. The lowest BCUT2D eigenvalue weighted by Crippen LogP contribution is -2.57. The molecule has 1 fully saturated rings. The molecule has 17 heavy (non-hydrogen) atoms. The molecule has 4 nitrogen and oxygen atoms in total. The molecule has 0 bridgehead atoms. The molecule has 1 aliphatic rings. The van der Waals surface area contributed by atoms with Crippen LogP contribution in [0, 0.1) is 0 Å². The lowest BCUT2D eigenvalue weighted by molar-refractivity contribution is -0.181. The average Bonchev–Trinajstić information content (AvgIpc) is 2.14. The third-order valence-electron chi connectivity index (χ3n) is 3.12. The summed E-state index contributed by atoms with van der Waals surface area (Å²) in [6.07, 6.45) is 1.16. The summed E-state index contributed by atoms with van der Waals surface area (Å²) in [7, 11) is 1.73. The van der Waals surface area contributed by atoms with Crippen LogP contribution in [0.25, 0.3) is 0 Å². The van der Waals surface area contributed by atoms with E-state index in [0.29, 0.717) is 6.54 Å². The lowest BCUT2D eigenvalue weighted by atomic mass is 9.98. The summed E-state index contributed by atoms with van der Waals surface area (Å²) >= 11 is 0. The largest absolute Gasteiger partial charge is 0.380 e. The molecule has 0 amide bonds. The summed E-state index contributed by atoms with van der Waals surface area (Å²) < 4.78 is 11.4. The van der Waals surface area contributed by atoms with Crippen LogP contribution in [0.15, 0.2) is 0 Å². The summed E-state index contributed by atoms with van der Waals surface area (Å²) in [5.74, 6) is 0. The number of methoxy groups -OCH3 is 1. The molecule has 0 aromatic rings. The van der Waals surface area contributed by atoms with Crippen molar-refractivity contribution in [3.05, 3.63) is 0 Å². The average molecular weight is 244 g/mol. The second-order valence-corrected chi connectivity index (χ2v) is 6.21. The molecule has 0 spiro atoms. The summed E-state index contributed by atoms with van der Waals surface area (Å²) in [6, 6.07) is 0. The van der Waals surface area contributed by atoms with Gasteiger partial charge in [0.1, 0.15) is 0 Å². The molecule has 1 rings (SSSR count). The first-order chi connectivity index (χ1) is 7.78. The highest BCUT2D eigenvalue weighted by molar-refractivity contribution is 4.89. The fourth-order valence-electron chi connectivity index (χ4n) is 2.76. The first-order valence-corrected chi connectivity index (χ1v) is 6.43. The van der Waals surface area contributed by atoms with Gasteiger partial charge in [0.05, 0.1) is 17.3 Å². The molecule has 1 saturated heterocycles. The van der Waals surface area contributed by atoms with Gasteiger partial charge in [-0.3, -0.25) is 4.90 Å². The monoisotopic (exact) mass is 244 g/mol. The molecule has 0 radical (unpaired) electrons. The highest BCUT2D eigenvalue weighted by atomic mass is 16.5. The Balaban J connectivity index is 2.48. The number of hydrogen-bond donors (Lipinski definition) is 1. The Kier molecular flexibility index (Phi) is 4.95. The van der Waals surface area contributed by atoms with Gasteiger partial charge in [-0.15, -0.1) is 0 Å². The summed E-state index contributed by atoms with van der Waals surface area (Å²) in [5.41, 5.74) is 5.48. The number of hydrogen-bond acceptors (Lipinski definition) is 4. The van der Waals surface area contributed by atoms with Crippen LogP contribution < -0.4 is 5.73 Å². The van der Waals surface area contributed by atoms with Crippen LogP contribution in [0.4, 0.5) is 0 Å². The van der Waals surface area contributed by atoms with Crippen molar-refractivity contribution in [3.8, 4) is 0 Å². The number of morpholine rings is 1. The van der Waals surface area contributed by atoms with Crippen LogP contribution in [0.1, 0.15) is 34.1 Å². The van der Waals surface area contributed by atoms with Crippen molar-refractivity contribution in [3.63, 3.8) is 0 Å². The van der Waals surface area contributed by atoms with E-state index in [1.807, 2.05) is 0 Å². The van der Waals surface area contributed by atoms with Gasteiger partial charge in [-0.05, 0) is 34.1 Å². The smallest absolute Gasteiger partial charge is 0.0760 e. The Morgan fingerprint density at radius 1 is 1.24 bits per heavy atom. The van der Waals surface area contributed by atoms with Crippen molar-refractivity contribution < 1.29 is 9.47 Å². The molecule has 2 N–H and O–H groups in total. The molecule has 0 saturated carbocycles. The van der Waals surface area contributed by atoms with Gasteiger partial charge in [-0.2, -0.15) is 0 Å². The van der Waals surface area contributed by atoms with Crippen molar-refractivity contribution in [2.24, 2.45) is 5.73 Å². The molecule has 1 unspecified atom stereocenters. The van der Waals surface area contributed by atoms with Crippen molar-refractivity contribution >= 4 is 0 Å². The molecule has 1 heterocycles. The number of ether oxygens (including phenoxy) is 2. The van der Waals surface area contributed by atoms with Gasteiger partial charge >= 0.3 is 0 Å². The highest BCUT2D eigenvalue weighted by Gasteiger charge is 2.37. The molecule has 1 atom stereocenters. The predicted molar refractivity (Wildman–Crippen MR) is 70.2 cm³/mol. The van der Waals surface area contributed by atoms with Gasteiger partial charge in [0.2, 0.25) is 0 Å². The minimum atomic E-state index is -0.0764. The van der Waals surface area contributed by atoms with Gasteiger partial charge in [0.15, 0.2) is 0 Å². The van der Waals surface area contributed by atoms with Gasteiger partial charge < -0.3 is 15.2 Å². The molecular formula is C13H28N2O2. The maximum Gasteiger partial charge on any atom is 0.0760 e. The Morgan fingerprint density at radius 2 is 1.76 bits per heavy atom. The Labute approximate surface area is 105 Å². The van der Waals surface area contributed by atoms with Gasteiger partial charge in [-0.25, -0.2) is 0 Å². The fourth-order valence-corrected chi connectivity index (χ4v) is 2.76. The normalized spacial score (nSPS) is 25.8. The van der Waals surface area contributed by atoms with E-state index in [1.54, 1.807) is 7.11 Å². The maximum atomic E-state index is 6.05. The molecular weight excluding hydrogens is 216 g/mol. The zero-order valence-electron chi connectivity index (χ0n) is 12.0. The number of rotatable bonds is 5. The van der Waals surface area contributed by atoms with E-state index < -0.39 is 0 Å². The number of nitrogens with two attached hydrogens (primary N) is 1. The first kappa shape index (κ1) is 14.9. The molecule has 1 aliphatic heterocycles. The van der Waals surface area contributed by atoms with E-state index in [9.17, 15) is 0 Å². The topological polar surface area (TPSA) is 47.7 Å². The third-order valence-corrected chi connectivity index (χ3v) is 3.12. The van der Waals surface area contributed by atoms with E-state index in [1.165, 1.54) is 0 Å². The first-order valence-electron chi connectivity index (χ1n) is 6.43. The molecule has 0 aliphatic carbocycles. The second-order valence-electron chi connectivity index (χ2n) is 6.21. The number of nitrogens with zero attached hydrogens (tertiary/aromatic N) is 1. The third kappa shape index (κ3) is 4.92. The van der Waals surface area contributed by atoms with Crippen molar-refractivity contribution in [1.82, 2.24) is 4.90 Å². The van der Waals surface area contributed by atoms with Crippen molar-refractivity contribution in [2.75, 3.05) is 33.3 Å².